The van der Waals surface area contributed by atoms with Gasteiger partial charge in [0.25, 0.3) is 0 Å². The highest BCUT2D eigenvalue weighted by Gasteiger charge is 2.31. The first-order chi connectivity index (χ1) is 5.83. The Balaban J connectivity index is 2.51. The van der Waals surface area contributed by atoms with Crippen LogP contribution in [0.4, 0.5) is 0 Å². The van der Waals surface area contributed by atoms with Crippen molar-refractivity contribution >= 4 is 0 Å². The third-order valence-electron chi connectivity index (χ3n) is 2.76. The molecule has 0 bridgehead atoms. The summed E-state index contributed by atoms with van der Waals surface area (Å²) in [6, 6.07) is 4.52. The lowest BCUT2D eigenvalue weighted by molar-refractivity contribution is 0.252. The number of hydrogen-bond acceptors (Lipinski definition) is 2. The van der Waals surface area contributed by atoms with Gasteiger partial charge in [-0.25, -0.2) is 0 Å². The zero-order valence-corrected chi connectivity index (χ0v) is 7.34. The van der Waals surface area contributed by atoms with Crippen LogP contribution in [0.1, 0.15) is 44.9 Å². The van der Waals surface area contributed by atoms with Crippen molar-refractivity contribution in [3.05, 3.63) is 0 Å². The van der Waals surface area contributed by atoms with Crippen LogP contribution in [0.25, 0.3) is 0 Å². The Morgan fingerprint density at radius 2 is 1.75 bits per heavy atom. The van der Waals surface area contributed by atoms with Crippen molar-refractivity contribution in [2.45, 2.75) is 44.9 Å². The second kappa shape index (κ2) is 4.12. The Labute approximate surface area is 73.8 Å². The van der Waals surface area contributed by atoms with Gasteiger partial charge in [-0.15, -0.1) is 0 Å². The maximum Gasteiger partial charge on any atom is 0.0690 e. The largest absolute Gasteiger partial charge is 0.198 e. The summed E-state index contributed by atoms with van der Waals surface area (Å²) in [5.74, 6) is 0. The highest BCUT2D eigenvalue weighted by molar-refractivity contribution is 5.01. The Morgan fingerprint density at radius 3 is 2.25 bits per heavy atom. The van der Waals surface area contributed by atoms with Crippen molar-refractivity contribution in [1.29, 1.82) is 10.5 Å². The van der Waals surface area contributed by atoms with E-state index in [0.29, 0.717) is 6.42 Å². The van der Waals surface area contributed by atoms with Crippen LogP contribution in [-0.2, 0) is 0 Å². The zero-order valence-electron chi connectivity index (χ0n) is 7.34. The van der Waals surface area contributed by atoms with Crippen LogP contribution >= 0.6 is 0 Å². The molecule has 0 aromatic heterocycles. The topological polar surface area (TPSA) is 47.6 Å². The Hall–Kier alpha value is -1.02. The molecule has 64 valence electrons. The van der Waals surface area contributed by atoms with Gasteiger partial charge in [0.05, 0.1) is 17.6 Å². The van der Waals surface area contributed by atoms with Crippen LogP contribution in [0.5, 0.6) is 0 Å². The van der Waals surface area contributed by atoms with Gasteiger partial charge < -0.3 is 0 Å². The molecule has 0 saturated heterocycles. The smallest absolute Gasteiger partial charge is 0.0690 e. The maximum absolute atomic E-state index is 9.01. The van der Waals surface area contributed by atoms with E-state index in [-0.39, 0.29) is 5.41 Å². The van der Waals surface area contributed by atoms with E-state index in [2.05, 4.69) is 12.1 Å². The third-order valence-corrected chi connectivity index (χ3v) is 2.76. The van der Waals surface area contributed by atoms with Crippen LogP contribution in [-0.4, -0.2) is 0 Å². The Morgan fingerprint density at radius 1 is 1.08 bits per heavy atom. The molecule has 0 spiro atoms. The molecule has 1 rings (SSSR count). The monoisotopic (exact) mass is 162 g/mol. The lowest BCUT2D eigenvalue weighted by atomic mass is 9.72. The number of hydrogen-bond donors (Lipinski definition) is 0. The van der Waals surface area contributed by atoms with Gasteiger partial charge in [0.2, 0.25) is 0 Å². The molecule has 1 fully saturated rings. The van der Waals surface area contributed by atoms with Gasteiger partial charge in [0.15, 0.2) is 0 Å². The normalized spacial score (nSPS) is 20.8. The molecule has 0 radical (unpaired) electrons. The molecular weight excluding hydrogens is 148 g/mol. The molecule has 2 heteroatoms. The first-order valence-electron chi connectivity index (χ1n) is 4.61. The summed E-state index contributed by atoms with van der Waals surface area (Å²) >= 11 is 0. The molecule has 2 nitrogen and oxygen atoms in total. The standard InChI is InChI=1S/C10H14N2/c11-8-4-7-10(9-12)5-2-1-3-6-10/h1-7H2. The molecule has 0 aliphatic heterocycles. The average molecular weight is 162 g/mol. The number of rotatable bonds is 2. The molecule has 0 aromatic rings. The first kappa shape index (κ1) is 9.07. The molecule has 0 heterocycles. The second-order valence-electron chi connectivity index (χ2n) is 3.61. The fraction of sp³-hybridized carbons (Fsp3) is 0.800. The van der Waals surface area contributed by atoms with Gasteiger partial charge in [-0.05, 0) is 19.3 Å². The number of nitrogens with zero attached hydrogens (tertiary/aromatic N) is 2. The van der Waals surface area contributed by atoms with Crippen LogP contribution in [0.2, 0.25) is 0 Å². The summed E-state index contributed by atoms with van der Waals surface area (Å²) in [4.78, 5) is 0. The lowest BCUT2D eigenvalue weighted by Gasteiger charge is -2.29. The van der Waals surface area contributed by atoms with E-state index in [1.807, 2.05) is 0 Å². The summed E-state index contributed by atoms with van der Waals surface area (Å²) in [7, 11) is 0. The highest BCUT2D eigenvalue weighted by Crippen LogP contribution is 2.39. The van der Waals surface area contributed by atoms with Gasteiger partial charge in [-0.2, -0.15) is 10.5 Å². The Kier molecular flexibility index (Phi) is 3.11. The van der Waals surface area contributed by atoms with Crippen molar-refractivity contribution in [2.24, 2.45) is 5.41 Å². The fourth-order valence-electron chi connectivity index (χ4n) is 1.94. The third kappa shape index (κ3) is 1.98. The summed E-state index contributed by atoms with van der Waals surface area (Å²) in [6.45, 7) is 0. The minimum Gasteiger partial charge on any atom is -0.198 e. The van der Waals surface area contributed by atoms with Crippen molar-refractivity contribution in [2.75, 3.05) is 0 Å². The van der Waals surface area contributed by atoms with Crippen molar-refractivity contribution in [1.82, 2.24) is 0 Å². The van der Waals surface area contributed by atoms with Crippen LogP contribution in [0.15, 0.2) is 0 Å². The second-order valence-corrected chi connectivity index (χ2v) is 3.61. The van der Waals surface area contributed by atoms with E-state index in [0.717, 1.165) is 19.3 Å². The Bertz CT molecular complexity index is 213. The van der Waals surface area contributed by atoms with Gasteiger partial charge >= 0.3 is 0 Å². The molecule has 1 saturated carbocycles. The lowest BCUT2D eigenvalue weighted by Crippen LogP contribution is -2.21. The minimum atomic E-state index is -0.145. The van der Waals surface area contributed by atoms with Crippen molar-refractivity contribution in [3.8, 4) is 12.1 Å². The molecule has 1 aliphatic rings. The fourth-order valence-corrected chi connectivity index (χ4v) is 1.94. The summed E-state index contributed by atoms with van der Waals surface area (Å²) in [5.41, 5.74) is -0.145. The van der Waals surface area contributed by atoms with Crippen LogP contribution in [0.3, 0.4) is 0 Å². The van der Waals surface area contributed by atoms with Crippen LogP contribution in [0, 0.1) is 28.1 Å². The van der Waals surface area contributed by atoms with Crippen LogP contribution < -0.4 is 0 Å². The summed E-state index contributed by atoms with van der Waals surface area (Å²) in [5, 5.41) is 17.5. The van der Waals surface area contributed by atoms with Gasteiger partial charge in [-0.3, -0.25) is 0 Å². The maximum atomic E-state index is 9.01. The van der Waals surface area contributed by atoms with Gasteiger partial charge in [-0.1, -0.05) is 19.3 Å². The molecule has 0 N–H and O–H groups in total. The van der Waals surface area contributed by atoms with Crippen molar-refractivity contribution < 1.29 is 0 Å². The van der Waals surface area contributed by atoms with Gasteiger partial charge in [0, 0.05) is 6.42 Å². The SMILES string of the molecule is N#CCCC1(C#N)CCCCC1. The van der Waals surface area contributed by atoms with Crippen molar-refractivity contribution in [3.63, 3.8) is 0 Å². The highest BCUT2D eigenvalue weighted by atomic mass is 14.4. The quantitative estimate of drug-likeness (QED) is 0.626. The minimum absolute atomic E-state index is 0.145. The summed E-state index contributed by atoms with van der Waals surface area (Å²) in [6.07, 6.45) is 6.91. The van der Waals surface area contributed by atoms with E-state index in [1.54, 1.807) is 0 Å². The zero-order chi connectivity index (χ0) is 8.86. The molecule has 1 aliphatic carbocycles. The molecular formula is C10H14N2. The molecule has 12 heavy (non-hydrogen) atoms. The van der Waals surface area contributed by atoms with E-state index >= 15 is 0 Å². The summed E-state index contributed by atoms with van der Waals surface area (Å²) < 4.78 is 0. The molecule has 0 atom stereocenters. The van der Waals surface area contributed by atoms with E-state index in [4.69, 9.17) is 10.5 Å². The average Bonchev–Trinajstić information content (AvgIpc) is 2.16. The molecule has 0 unspecified atom stereocenters. The van der Waals surface area contributed by atoms with E-state index in [1.165, 1.54) is 19.3 Å². The van der Waals surface area contributed by atoms with Gasteiger partial charge in [0.1, 0.15) is 0 Å². The number of nitriles is 2. The van der Waals surface area contributed by atoms with E-state index < -0.39 is 0 Å². The predicted molar refractivity (Wildman–Crippen MR) is 46.0 cm³/mol. The molecule has 0 amide bonds. The predicted octanol–water partition coefficient (Wildman–Crippen LogP) is 2.76. The van der Waals surface area contributed by atoms with E-state index in [9.17, 15) is 0 Å². The molecule has 0 aromatic carbocycles. The first-order valence-corrected chi connectivity index (χ1v) is 4.61.